The molecule has 1 aliphatic rings. The van der Waals surface area contributed by atoms with E-state index in [0.717, 1.165) is 10.4 Å². The van der Waals surface area contributed by atoms with E-state index in [1.54, 1.807) is 17.5 Å². The van der Waals surface area contributed by atoms with Crippen molar-refractivity contribution in [1.82, 2.24) is 0 Å². The Bertz CT molecular complexity index is 1090. The quantitative estimate of drug-likeness (QED) is 0.718. The first-order chi connectivity index (χ1) is 13.0. The van der Waals surface area contributed by atoms with Crippen molar-refractivity contribution in [3.05, 3.63) is 70.4 Å². The molecule has 0 bridgehead atoms. The van der Waals surface area contributed by atoms with Crippen molar-refractivity contribution in [3.8, 4) is 5.75 Å². The molecule has 0 saturated heterocycles. The van der Waals surface area contributed by atoms with Gasteiger partial charge in [-0.15, -0.1) is 11.3 Å². The van der Waals surface area contributed by atoms with Crippen molar-refractivity contribution in [2.75, 3.05) is 12.4 Å². The minimum absolute atomic E-state index is 0.139. The Balaban J connectivity index is 1.80. The summed E-state index contributed by atoms with van der Waals surface area (Å²) in [6.45, 7) is 0. The Morgan fingerprint density at radius 1 is 1.07 bits per heavy atom. The van der Waals surface area contributed by atoms with Gasteiger partial charge >= 0.3 is 0 Å². The van der Waals surface area contributed by atoms with Crippen LogP contribution in [-0.4, -0.2) is 21.4 Å². The number of methoxy groups -OCH3 is 1. The van der Waals surface area contributed by atoms with Crippen LogP contribution in [0.15, 0.2) is 69.8 Å². The van der Waals surface area contributed by atoms with E-state index in [9.17, 15) is 13.2 Å². The topological polar surface area (TPSA) is 72.5 Å². The normalized spacial score (nSPS) is 16.5. The maximum Gasteiger partial charge on any atom is 0.225 e. The molecule has 4 rings (SSSR count). The van der Waals surface area contributed by atoms with E-state index in [0.29, 0.717) is 17.9 Å². The zero-order valence-corrected chi connectivity index (χ0v) is 16.1. The number of carbonyl (C=O) groups excluding carboxylic acids is 1. The van der Waals surface area contributed by atoms with Gasteiger partial charge in [-0.2, -0.15) is 0 Å². The molecule has 1 aromatic heterocycles. The molecule has 1 amide bonds. The number of fused-ring (bicyclic) bond motifs is 1. The van der Waals surface area contributed by atoms with Crippen LogP contribution < -0.4 is 10.1 Å². The summed E-state index contributed by atoms with van der Waals surface area (Å²) in [4.78, 5) is 13.5. The first kappa shape index (κ1) is 17.8. The third-order valence-corrected chi connectivity index (χ3v) is 7.66. The molecule has 0 unspecified atom stereocenters. The van der Waals surface area contributed by atoms with Crippen molar-refractivity contribution in [1.29, 1.82) is 0 Å². The van der Waals surface area contributed by atoms with Gasteiger partial charge in [-0.25, -0.2) is 8.42 Å². The molecule has 5 nitrogen and oxygen atoms in total. The highest BCUT2D eigenvalue weighted by atomic mass is 32.2. The van der Waals surface area contributed by atoms with Gasteiger partial charge in [0.2, 0.25) is 15.7 Å². The molecule has 0 fully saturated rings. The zero-order valence-electron chi connectivity index (χ0n) is 14.5. The zero-order chi connectivity index (χ0) is 19.0. The van der Waals surface area contributed by atoms with Crippen LogP contribution in [0.2, 0.25) is 0 Å². The molecule has 0 aliphatic carbocycles. The maximum atomic E-state index is 13.1. The third-order valence-electron chi connectivity index (χ3n) is 4.62. The van der Waals surface area contributed by atoms with Crippen molar-refractivity contribution in [2.45, 2.75) is 22.1 Å². The first-order valence-corrected chi connectivity index (χ1v) is 10.7. The van der Waals surface area contributed by atoms with Gasteiger partial charge in [0.05, 0.1) is 17.7 Å². The fraction of sp³-hybridized carbons (Fsp3) is 0.150. The monoisotopic (exact) mass is 399 g/mol. The molecular weight excluding hydrogens is 382 g/mol. The van der Waals surface area contributed by atoms with Crippen molar-refractivity contribution in [3.63, 3.8) is 0 Å². The summed E-state index contributed by atoms with van der Waals surface area (Å²) >= 11 is 1.37. The van der Waals surface area contributed by atoms with Gasteiger partial charge in [-0.1, -0.05) is 30.3 Å². The highest BCUT2D eigenvalue weighted by Gasteiger charge is 2.34. The lowest BCUT2D eigenvalue weighted by Gasteiger charge is -2.23. The molecule has 7 heteroatoms. The predicted molar refractivity (Wildman–Crippen MR) is 104 cm³/mol. The lowest BCUT2D eigenvalue weighted by Crippen LogP contribution is -2.23. The number of amides is 1. The van der Waals surface area contributed by atoms with Crippen LogP contribution in [0, 0.1) is 0 Å². The molecule has 27 heavy (non-hydrogen) atoms. The Morgan fingerprint density at radius 3 is 2.44 bits per heavy atom. The average molecular weight is 399 g/mol. The molecule has 138 valence electrons. The number of benzene rings is 2. The van der Waals surface area contributed by atoms with Crippen LogP contribution in [0.1, 0.15) is 22.8 Å². The molecule has 0 radical (unpaired) electrons. The Hall–Kier alpha value is -2.64. The van der Waals surface area contributed by atoms with Crippen LogP contribution in [0.3, 0.4) is 0 Å². The second-order valence-corrected chi connectivity index (χ2v) is 9.06. The number of nitrogens with one attached hydrogen (secondary N) is 1. The van der Waals surface area contributed by atoms with E-state index >= 15 is 0 Å². The summed E-state index contributed by atoms with van der Waals surface area (Å²) in [5.41, 5.74) is 1.41. The number of carbonyl (C=O) groups is 1. The van der Waals surface area contributed by atoms with Crippen molar-refractivity contribution in [2.24, 2.45) is 0 Å². The van der Waals surface area contributed by atoms with E-state index < -0.39 is 9.84 Å². The first-order valence-electron chi connectivity index (χ1n) is 8.36. The van der Waals surface area contributed by atoms with Crippen molar-refractivity contribution < 1.29 is 17.9 Å². The van der Waals surface area contributed by atoms with E-state index in [1.165, 1.54) is 30.6 Å². The third kappa shape index (κ3) is 3.13. The van der Waals surface area contributed by atoms with Gasteiger partial charge in [-0.05, 0) is 29.8 Å². The summed E-state index contributed by atoms with van der Waals surface area (Å²) in [5, 5.41) is 4.39. The summed E-state index contributed by atoms with van der Waals surface area (Å²) in [6.07, 6.45) is 0.305. The lowest BCUT2D eigenvalue weighted by atomic mass is 9.91. The summed E-state index contributed by atoms with van der Waals surface area (Å²) in [5.74, 6) is 0.263. The molecule has 0 saturated carbocycles. The summed E-state index contributed by atoms with van der Waals surface area (Å²) < 4.78 is 31.4. The summed E-state index contributed by atoms with van der Waals surface area (Å²) in [6, 6.07) is 15.9. The van der Waals surface area contributed by atoms with Crippen LogP contribution >= 0.6 is 11.3 Å². The van der Waals surface area contributed by atoms with Gasteiger partial charge in [0.1, 0.15) is 10.6 Å². The van der Waals surface area contributed by atoms with Crippen LogP contribution in [-0.2, 0) is 14.6 Å². The molecule has 1 N–H and O–H groups in total. The van der Waals surface area contributed by atoms with Crippen molar-refractivity contribution >= 4 is 32.8 Å². The van der Waals surface area contributed by atoms with Crippen LogP contribution in [0.25, 0.3) is 0 Å². The van der Waals surface area contributed by atoms with E-state index in [4.69, 9.17) is 4.74 Å². The second-order valence-electron chi connectivity index (χ2n) is 6.23. The highest BCUT2D eigenvalue weighted by molar-refractivity contribution is 7.91. The number of anilines is 1. The summed E-state index contributed by atoms with van der Waals surface area (Å²) in [7, 11) is -2.23. The Labute approximate surface area is 161 Å². The van der Waals surface area contributed by atoms with E-state index in [1.807, 2.05) is 30.3 Å². The smallest absolute Gasteiger partial charge is 0.225 e. The van der Waals surface area contributed by atoms with Gasteiger partial charge in [0, 0.05) is 22.6 Å². The molecule has 2 heterocycles. The standard InChI is InChI=1S/C20H17NO4S2/c1-25-14-7-9-15(10-8-14)27(23,24)17-12-26-20-16(11-18(22)21-19(17)20)13-5-3-2-4-6-13/h2-10,12,16H,11H2,1H3,(H,21,22)/t16-/m1/s1. The number of rotatable bonds is 4. The number of hydrogen-bond acceptors (Lipinski definition) is 5. The van der Waals surface area contributed by atoms with E-state index in [2.05, 4.69) is 5.32 Å². The largest absolute Gasteiger partial charge is 0.497 e. The fourth-order valence-electron chi connectivity index (χ4n) is 3.24. The second kappa shape index (κ2) is 6.83. The number of sulfone groups is 1. The van der Waals surface area contributed by atoms with E-state index in [-0.39, 0.29) is 21.6 Å². The predicted octanol–water partition coefficient (Wildman–Crippen LogP) is 4.06. The molecule has 1 atom stereocenters. The SMILES string of the molecule is COc1ccc(S(=O)(=O)c2csc3c2NC(=O)C[C@@H]3c2ccccc2)cc1. The molecule has 1 aliphatic heterocycles. The van der Waals surface area contributed by atoms with Gasteiger partial charge in [0.15, 0.2) is 0 Å². The highest BCUT2D eigenvalue weighted by Crippen LogP contribution is 2.45. The molecule has 0 spiro atoms. The minimum atomic E-state index is -3.75. The number of hydrogen-bond donors (Lipinski definition) is 1. The Kier molecular flexibility index (Phi) is 4.49. The van der Waals surface area contributed by atoms with Gasteiger partial charge in [-0.3, -0.25) is 4.79 Å². The maximum absolute atomic E-state index is 13.1. The molecule has 3 aromatic rings. The number of ether oxygens (including phenoxy) is 1. The number of thiophene rings is 1. The van der Waals surface area contributed by atoms with Gasteiger partial charge < -0.3 is 10.1 Å². The average Bonchev–Trinajstić information content (AvgIpc) is 3.12. The van der Waals surface area contributed by atoms with Crippen LogP contribution in [0.5, 0.6) is 5.75 Å². The Morgan fingerprint density at radius 2 is 1.78 bits per heavy atom. The fourth-order valence-corrected chi connectivity index (χ4v) is 6.15. The molecule has 2 aromatic carbocycles. The van der Waals surface area contributed by atoms with Crippen LogP contribution in [0.4, 0.5) is 5.69 Å². The minimum Gasteiger partial charge on any atom is -0.497 e. The molecular formula is C20H17NO4S2. The van der Waals surface area contributed by atoms with Gasteiger partial charge in [0.25, 0.3) is 0 Å². The lowest BCUT2D eigenvalue weighted by molar-refractivity contribution is -0.116.